The first-order chi connectivity index (χ1) is 14.8. The van der Waals surface area contributed by atoms with Crippen LogP contribution in [0.4, 0.5) is 0 Å². The third kappa shape index (κ3) is 4.14. The highest BCUT2D eigenvalue weighted by Crippen LogP contribution is 2.47. The standard InChI is InChI=1S/C26H32O4Si/c1-19(27)29-18-23-22(24-14-15-25(23)30-24)16-17-26(2,3)31(28,20-10-6-4-7-11-20)21-12-8-5-9-13-21/h4-15,22-25,28H,16-18H2,1-3H3/t22-,23+,24+,25-/m1/s1. The Morgan fingerprint density at radius 1 is 0.968 bits per heavy atom. The van der Waals surface area contributed by atoms with Gasteiger partial charge in [-0.05, 0) is 34.2 Å². The van der Waals surface area contributed by atoms with Crippen molar-refractivity contribution in [1.29, 1.82) is 0 Å². The van der Waals surface area contributed by atoms with E-state index in [9.17, 15) is 9.59 Å². The van der Waals surface area contributed by atoms with Crippen LogP contribution in [0.2, 0.25) is 5.04 Å². The van der Waals surface area contributed by atoms with Gasteiger partial charge in [0.15, 0.2) is 0 Å². The second-order valence-electron chi connectivity index (χ2n) is 9.45. The molecule has 31 heavy (non-hydrogen) atoms. The van der Waals surface area contributed by atoms with Gasteiger partial charge in [-0.25, -0.2) is 0 Å². The van der Waals surface area contributed by atoms with Crippen LogP contribution in [-0.4, -0.2) is 37.9 Å². The van der Waals surface area contributed by atoms with E-state index in [-0.39, 0.29) is 29.1 Å². The SMILES string of the molecule is CC(=O)OC[C@H]1[C@@H](CCC(C)(C)[Si](O)(c2ccccc2)c2ccccc2)[C@@H]2C=C[C@H]1O2. The molecular weight excluding hydrogens is 404 g/mol. The molecule has 0 aliphatic carbocycles. The van der Waals surface area contributed by atoms with Crippen LogP contribution in [0.15, 0.2) is 72.8 Å². The average Bonchev–Trinajstić information content (AvgIpc) is 3.38. The van der Waals surface area contributed by atoms with Gasteiger partial charge >= 0.3 is 5.97 Å². The van der Waals surface area contributed by atoms with Crippen molar-refractivity contribution in [2.75, 3.05) is 6.61 Å². The van der Waals surface area contributed by atoms with Crippen LogP contribution >= 0.6 is 0 Å². The van der Waals surface area contributed by atoms with E-state index in [2.05, 4.69) is 50.3 Å². The van der Waals surface area contributed by atoms with Crippen molar-refractivity contribution in [2.45, 2.75) is 50.9 Å². The molecule has 2 bridgehead atoms. The van der Waals surface area contributed by atoms with E-state index in [0.29, 0.717) is 12.5 Å². The zero-order chi connectivity index (χ0) is 22.1. The molecule has 1 saturated heterocycles. The van der Waals surface area contributed by atoms with E-state index in [1.807, 2.05) is 36.4 Å². The summed E-state index contributed by atoms with van der Waals surface area (Å²) in [5, 5.41) is 1.77. The Hall–Kier alpha value is -2.21. The quantitative estimate of drug-likeness (QED) is 0.391. The van der Waals surface area contributed by atoms with Gasteiger partial charge < -0.3 is 14.3 Å². The normalized spacial score (nSPS) is 25.0. The largest absolute Gasteiger partial charge is 0.465 e. The van der Waals surface area contributed by atoms with Crippen LogP contribution in [0, 0.1) is 11.8 Å². The minimum atomic E-state index is -3.02. The molecule has 0 amide bonds. The van der Waals surface area contributed by atoms with Crippen LogP contribution in [0.5, 0.6) is 0 Å². The van der Waals surface area contributed by atoms with Crippen molar-refractivity contribution >= 4 is 24.7 Å². The molecule has 0 saturated carbocycles. The Morgan fingerprint density at radius 2 is 1.48 bits per heavy atom. The molecule has 164 valence electrons. The van der Waals surface area contributed by atoms with Crippen LogP contribution in [0.1, 0.15) is 33.6 Å². The summed E-state index contributed by atoms with van der Waals surface area (Å²) in [6.07, 6.45) is 6.12. The molecule has 1 fully saturated rings. The summed E-state index contributed by atoms with van der Waals surface area (Å²) in [4.78, 5) is 23.7. The number of carbonyl (C=O) groups excluding carboxylic acids is 1. The second-order valence-corrected chi connectivity index (χ2v) is 13.4. The average molecular weight is 437 g/mol. The number of rotatable bonds is 8. The Kier molecular flexibility index (Phi) is 6.20. The first kappa shape index (κ1) is 22.0. The molecule has 2 aliphatic heterocycles. The fraction of sp³-hybridized carbons (Fsp3) is 0.423. The maximum Gasteiger partial charge on any atom is 0.302 e. The van der Waals surface area contributed by atoms with Gasteiger partial charge in [0, 0.05) is 12.8 Å². The number of benzene rings is 2. The van der Waals surface area contributed by atoms with Gasteiger partial charge in [0.25, 0.3) is 8.32 Å². The highest BCUT2D eigenvalue weighted by Gasteiger charge is 2.52. The Balaban J connectivity index is 1.58. The third-order valence-electron chi connectivity index (χ3n) is 7.14. The lowest BCUT2D eigenvalue weighted by Gasteiger charge is -2.42. The first-order valence-corrected chi connectivity index (χ1v) is 13.1. The molecule has 2 aromatic rings. The van der Waals surface area contributed by atoms with Crippen molar-refractivity contribution in [3.8, 4) is 0 Å². The van der Waals surface area contributed by atoms with E-state index in [4.69, 9.17) is 9.47 Å². The van der Waals surface area contributed by atoms with Crippen molar-refractivity contribution in [1.82, 2.24) is 0 Å². The lowest BCUT2D eigenvalue weighted by molar-refractivity contribution is -0.143. The molecule has 0 spiro atoms. The molecule has 5 heteroatoms. The topological polar surface area (TPSA) is 55.8 Å². The fourth-order valence-corrected chi connectivity index (χ4v) is 9.04. The van der Waals surface area contributed by atoms with Gasteiger partial charge in [-0.2, -0.15) is 0 Å². The van der Waals surface area contributed by atoms with Gasteiger partial charge in [0.1, 0.15) is 0 Å². The number of fused-ring (bicyclic) bond motifs is 2. The summed E-state index contributed by atoms with van der Waals surface area (Å²) >= 11 is 0. The van der Waals surface area contributed by atoms with Gasteiger partial charge in [-0.1, -0.05) is 86.7 Å². The monoisotopic (exact) mass is 436 g/mol. The van der Waals surface area contributed by atoms with Crippen LogP contribution in [0.3, 0.4) is 0 Å². The molecule has 4 atom stereocenters. The molecule has 0 aromatic heterocycles. The lowest BCUT2D eigenvalue weighted by Crippen LogP contribution is -2.65. The van der Waals surface area contributed by atoms with E-state index >= 15 is 0 Å². The summed E-state index contributed by atoms with van der Waals surface area (Å²) in [5.74, 6) is 0.220. The zero-order valence-electron chi connectivity index (χ0n) is 18.5. The van der Waals surface area contributed by atoms with Gasteiger partial charge in [0.2, 0.25) is 0 Å². The maximum absolute atomic E-state index is 12.4. The van der Waals surface area contributed by atoms with E-state index < -0.39 is 8.32 Å². The molecule has 1 N–H and O–H groups in total. The van der Waals surface area contributed by atoms with Crippen molar-refractivity contribution in [3.05, 3.63) is 72.8 Å². The molecule has 4 rings (SSSR count). The zero-order valence-corrected chi connectivity index (χ0v) is 19.5. The lowest BCUT2D eigenvalue weighted by atomic mass is 9.79. The predicted octanol–water partition coefficient (Wildman–Crippen LogP) is 3.43. The van der Waals surface area contributed by atoms with E-state index in [0.717, 1.165) is 23.2 Å². The first-order valence-electron chi connectivity index (χ1n) is 11.1. The molecule has 2 heterocycles. The smallest absolute Gasteiger partial charge is 0.302 e. The molecular formula is C26H32O4Si. The van der Waals surface area contributed by atoms with Crippen LogP contribution < -0.4 is 10.4 Å². The predicted molar refractivity (Wildman–Crippen MR) is 125 cm³/mol. The maximum atomic E-state index is 12.4. The second kappa shape index (κ2) is 8.73. The third-order valence-corrected chi connectivity index (χ3v) is 11.7. The number of esters is 1. The summed E-state index contributed by atoms with van der Waals surface area (Å²) < 4.78 is 11.4. The summed E-state index contributed by atoms with van der Waals surface area (Å²) in [6, 6.07) is 20.3. The van der Waals surface area contributed by atoms with Crippen molar-refractivity contribution in [2.24, 2.45) is 11.8 Å². The number of hydrogen-bond acceptors (Lipinski definition) is 4. The molecule has 2 aromatic carbocycles. The van der Waals surface area contributed by atoms with Gasteiger partial charge in [-0.3, -0.25) is 4.79 Å². The fourth-order valence-electron chi connectivity index (χ4n) is 5.29. The van der Waals surface area contributed by atoms with E-state index in [1.165, 1.54) is 6.92 Å². The minimum absolute atomic E-state index is 0.0248. The molecule has 2 aliphatic rings. The summed E-state index contributed by atoms with van der Waals surface area (Å²) in [6.45, 7) is 6.24. The number of ether oxygens (including phenoxy) is 2. The van der Waals surface area contributed by atoms with Crippen molar-refractivity contribution < 1.29 is 19.1 Å². The number of hydrogen-bond donors (Lipinski definition) is 1. The van der Waals surface area contributed by atoms with Crippen LogP contribution in [-0.2, 0) is 14.3 Å². The Morgan fingerprint density at radius 3 is 2.00 bits per heavy atom. The summed E-state index contributed by atoms with van der Waals surface area (Å²) in [5.41, 5.74) is 0. The highest BCUT2D eigenvalue weighted by atomic mass is 28.4. The van der Waals surface area contributed by atoms with Gasteiger partial charge in [0.05, 0.1) is 18.8 Å². The highest BCUT2D eigenvalue weighted by molar-refractivity contribution is 6.98. The van der Waals surface area contributed by atoms with E-state index in [1.54, 1.807) is 0 Å². The molecule has 0 unspecified atom stereocenters. The molecule has 0 radical (unpaired) electrons. The van der Waals surface area contributed by atoms with Gasteiger partial charge in [-0.15, -0.1) is 0 Å². The van der Waals surface area contributed by atoms with Crippen molar-refractivity contribution in [3.63, 3.8) is 0 Å². The van der Waals surface area contributed by atoms with Crippen LogP contribution in [0.25, 0.3) is 0 Å². The minimum Gasteiger partial charge on any atom is -0.465 e. The summed E-state index contributed by atoms with van der Waals surface area (Å²) in [7, 11) is -3.02. The number of carbonyl (C=O) groups is 1. The Bertz CT molecular complexity index is 885. The Labute approximate surface area is 186 Å². The molecule has 4 nitrogen and oxygen atoms in total.